The van der Waals surface area contributed by atoms with Crippen molar-refractivity contribution in [1.82, 2.24) is 24.7 Å². The number of hydrogen-bond donors (Lipinski definition) is 3. The SMILES string of the molecule is N#Cc1c(-c2c[nH]c3c(F)cc(F)cc23)nc(NC2CCCC(NC(=O)c3ccn4ccnc4c3)C2)c(F)c1-c1ccccc1. The monoisotopic (exact) mass is 605 g/mol. The van der Waals surface area contributed by atoms with Crippen molar-refractivity contribution in [1.29, 1.82) is 5.26 Å². The molecule has 0 radical (unpaired) electrons. The summed E-state index contributed by atoms with van der Waals surface area (Å²) in [5.74, 6) is -2.60. The van der Waals surface area contributed by atoms with E-state index in [1.165, 1.54) is 6.20 Å². The molecule has 0 spiro atoms. The molecule has 2 atom stereocenters. The highest BCUT2D eigenvalue weighted by atomic mass is 19.1. The van der Waals surface area contributed by atoms with E-state index >= 15 is 4.39 Å². The number of carbonyl (C=O) groups excluding carboxylic acids is 1. The van der Waals surface area contributed by atoms with Crippen molar-refractivity contribution in [3.8, 4) is 28.5 Å². The smallest absolute Gasteiger partial charge is 0.251 e. The van der Waals surface area contributed by atoms with Crippen LogP contribution in [-0.4, -0.2) is 37.3 Å². The summed E-state index contributed by atoms with van der Waals surface area (Å²) in [6.45, 7) is 0. The van der Waals surface area contributed by atoms with Crippen LogP contribution >= 0.6 is 0 Å². The van der Waals surface area contributed by atoms with Gasteiger partial charge in [-0.3, -0.25) is 4.79 Å². The Balaban J connectivity index is 1.23. The summed E-state index contributed by atoms with van der Waals surface area (Å²) in [7, 11) is 0. The van der Waals surface area contributed by atoms with Gasteiger partial charge in [0.05, 0.1) is 16.8 Å². The largest absolute Gasteiger partial charge is 0.365 e. The number of rotatable bonds is 6. The second-order valence-electron chi connectivity index (χ2n) is 11.1. The van der Waals surface area contributed by atoms with Gasteiger partial charge in [0.2, 0.25) is 0 Å². The fourth-order valence-corrected chi connectivity index (χ4v) is 6.15. The number of fused-ring (bicyclic) bond motifs is 2. The number of nitrogens with one attached hydrogen (secondary N) is 3. The van der Waals surface area contributed by atoms with E-state index in [4.69, 9.17) is 0 Å². The first kappa shape index (κ1) is 28.2. The van der Waals surface area contributed by atoms with Gasteiger partial charge >= 0.3 is 0 Å². The molecule has 0 bridgehead atoms. The third kappa shape index (κ3) is 5.25. The van der Waals surface area contributed by atoms with Crippen LogP contribution in [0.2, 0.25) is 0 Å². The lowest BCUT2D eigenvalue weighted by Gasteiger charge is -2.31. The number of aromatic nitrogens is 4. The number of benzene rings is 2. The maximum atomic E-state index is 16.4. The number of carbonyl (C=O) groups is 1. The Morgan fingerprint density at radius 1 is 1.04 bits per heavy atom. The summed E-state index contributed by atoms with van der Waals surface area (Å²) in [5, 5.41) is 16.8. The quantitative estimate of drug-likeness (QED) is 0.190. The summed E-state index contributed by atoms with van der Waals surface area (Å²) in [6.07, 6.45) is 9.43. The maximum absolute atomic E-state index is 16.4. The van der Waals surface area contributed by atoms with Gasteiger partial charge in [0.25, 0.3) is 5.91 Å². The molecule has 6 aromatic rings. The Bertz CT molecular complexity index is 2120. The third-order valence-electron chi connectivity index (χ3n) is 8.28. The normalized spacial score (nSPS) is 16.5. The highest BCUT2D eigenvalue weighted by Crippen LogP contribution is 2.39. The molecule has 8 nitrogen and oxygen atoms in total. The first-order valence-corrected chi connectivity index (χ1v) is 14.5. The molecule has 1 fully saturated rings. The molecule has 2 unspecified atom stereocenters. The summed E-state index contributed by atoms with van der Waals surface area (Å²) in [6, 6.07) is 15.7. The molecule has 2 aromatic carbocycles. The van der Waals surface area contributed by atoms with Crippen LogP contribution in [0.1, 0.15) is 41.6 Å². The van der Waals surface area contributed by atoms with Crippen LogP contribution in [0.15, 0.2) is 79.4 Å². The molecule has 4 aromatic heterocycles. The molecule has 0 saturated heterocycles. The average molecular weight is 606 g/mol. The lowest BCUT2D eigenvalue weighted by molar-refractivity contribution is 0.0926. The number of anilines is 1. The first-order valence-electron chi connectivity index (χ1n) is 14.5. The van der Waals surface area contributed by atoms with E-state index < -0.39 is 17.5 Å². The molecule has 1 saturated carbocycles. The second-order valence-corrected chi connectivity index (χ2v) is 11.1. The summed E-state index contributed by atoms with van der Waals surface area (Å²) in [4.78, 5) is 24.7. The molecule has 7 rings (SSSR count). The van der Waals surface area contributed by atoms with Gasteiger partial charge in [0.15, 0.2) is 11.6 Å². The van der Waals surface area contributed by atoms with E-state index in [0.29, 0.717) is 29.6 Å². The zero-order valence-corrected chi connectivity index (χ0v) is 23.8. The molecule has 1 aliphatic carbocycles. The topological polar surface area (TPSA) is 111 Å². The molecule has 1 aliphatic rings. The van der Waals surface area contributed by atoms with Crippen LogP contribution < -0.4 is 10.6 Å². The predicted molar refractivity (Wildman–Crippen MR) is 164 cm³/mol. The minimum Gasteiger partial charge on any atom is -0.365 e. The van der Waals surface area contributed by atoms with Gasteiger partial charge < -0.3 is 20.0 Å². The molecule has 224 valence electrons. The van der Waals surface area contributed by atoms with Gasteiger partial charge in [-0.1, -0.05) is 30.3 Å². The second kappa shape index (κ2) is 11.5. The zero-order valence-electron chi connectivity index (χ0n) is 23.8. The molecule has 11 heteroatoms. The van der Waals surface area contributed by atoms with Gasteiger partial charge in [0, 0.05) is 65.0 Å². The van der Waals surface area contributed by atoms with Crippen molar-refractivity contribution in [3.63, 3.8) is 0 Å². The summed E-state index contributed by atoms with van der Waals surface area (Å²) >= 11 is 0. The van der Waals surface area contributed by atoms with Gasteiger partial charge in [-0.25, -0.2) is 23.1 Å². The molecule has 45 heavy (non-hydrogen) atoms. The number of nitrogens with zero attached hydrogens (tertiary/aromatic N) is 4. The standard InChI is InChI=1S/C34H26F3N7O/c35-21-14-24-26(18-40-32(24)27(36)15-21)31-25(17-38)29(19-5-2-1-3-6-19)30(37)33(43-31)41-22-7-4-8-23(16-22)42-34(45)20-9-11-44-12-10-39-28(44)13-20/h1-3,5-6,9-15,18,22-23,40H,4,7-8,16H2,(H,41,43)(H,42,45). The summed E-state index contributed by atoms with van der Waals surface area (Å²) in [5.41, 5.74) is 2.00. The third-order valence-corrected chi connectivity index (χ3v) is 8.28. The predicted octanol–water partition coefficient (Wildman–Crippen LogP) is 6.99. The zero-order chi connectivity index (χ0) is 31.1. The van der Waals surface area contributed by atoms with Crippen molar-refractivity contribution >= 4 is 28.3 Å². The number of nitriles is 1. The van der Waals surface area contributed by atoms with Crippen molar-refractivity contribution in [2.45, 2.75) is 37.8 Å². The number of pyridine rings is 2. The van der Waals surface area contributed by atoms with Crippen LogP contribution in [0.25, 0.3) is 38.9 Å². The fourth-order valence-electron chi connectivity index (χ4n) is 6.15. The Hall–Kier alpha value is -5.63. The number of amides is 1. The first-order chi connectivity index (χ1) is 21.9. The number of aromatic amines is 1. The molecule has 1 amide bonds. The van der Waals surface area contributed by atoms with Crippen LogP contribution in [0, 0.1) is 28.8 Å². The summed E-state index contributed by atoms with van der Waals surface area (Å²) < 4.78 is 47.1. The fraction of sp³-hybridized carbons (Fsp3) is 0.176. The van der Waals surface area contributed by atoms with Crippen molar-refractivity contribution < 1.29 is 18.0 Å². The lowest BCUT2D eigenvalue weighted by Crippen LogP contribution is -2.42. The van der Waals surface area contributed by atoms with Gasteiger partial charge in [-0.15, -0.1) is 0 Å². The van der Waals surface area contributed by atoms with Crippen LogP contribution in [0.5, 0.6) is 0 Å². The molecule has 4 heterocycles. The Morgan fingerprint density at radius 3 is 2.69 bits per heavy atom. The minimum atomic E-state index is -0.793. The van der Waals surface area contributed by atoms with E-state index in [2.05, 4.69) is 31.7 Å². The van der Waals surface area contributed by atoms with E-state index in [1.54, 1.807) is 61.1 Å². The number of hydrogen-bond acceptors (Lipinski definition) is 5. The van der Waals surface area contributed by atoms with Crippen LogP contribution in [-0.2, 0) is 0 Å². The molecule has 3 N–H and O–H groups in total. The molecular formula is C34H26F3N7O. The van der Waals surface area contributed by atoms with E-state index in [9.17, 15) is 18.8 Å². The average Bonchev–Trinajstić information content (AvgIpc) is 3.69. The van der Waals surface area contributed by atoms with Crippen LogP contribution in [0.3, 0.4) is 0 Å². The van der Waals surface area contributed by atoms with Crippen molar-refractivity contribution in [2.75, 3.05) is 5.32 Å². The maximum Gasteiger partial charge on any atom is 0.251 e. The highest BCUT2D eigenvalue weighted by molar-refractivity contribution is 5.98. The minimum absolute atomic E-state index is 0.0341. The highest BCUT2D eigenvalue weighted by Gasteiger charge is 2.28. The van der Waals surface area contributed by atoms with Gasteiger partial charge in [0.1, 0.15) is 23.4 Å². The number of halogens is 3. The van der Waals surface area contributed by atoms with E-state index in [1.807, 2.05) is 4.40 Å². The molecule has 0 aliphatic heterocycles. The van der Waals surface area contributed by atoms with E-state index in [0.717, 1.165) is 25.0 Å². The number of H-pyrrole nitrogens is 1. The van der Waals surface area contributed by atoms with Crippen LogP contribution in [0.4, 0.5) is 19.0 Å². The Kier molecular flexibility index (Phi) is 7.17. The lowest BCUT2D eigenvalue weighted by atomic mass is 9.90. The van der Waals surface area contributed by atoms with E-state index in [-0.39, 0.29) is 57.1 Å². The molecular weight excluding hydrogens is 579 g/mol. The number of imidazole rings is 1. The van der Waals surface area contributed by atoms with Gasteiger partial charge in [-0.2, -0.15) is 5.26 Å². The van der Waals surface area contributed by atoms with Gasteiger partial charge in [-0.05, 0) is 49.4 Å². The van der Waals surface area contributed by atoms with Crippen molar-refractivity contribution in [2.24, 2.45) is 0 Å². The van der Waals surface area contributed by atoms with Crippen molar-refractivity contribution in [3.05, 3.63) is 108 Å². The Morgan fingerprint density at radius 2 is 1.87 bits per heavy atom. The Labute approximate surface area is 255 Å².